The van der Waals surface area contributed by atoms with E-state index < -0.39 is 8.32 Å². The Morgan fingerprint density at radius 1 is 1.00 bits per heavy atom. The van der Waals surface area contributed by atoms with Crippen LogP contribution in [0.15, 0.2) is 72.3 Å². The number of benzene rings is 2. The van der Waals surface area contributed by atoms with Gasteiger partial charge in [-0.05, 0) is 27.9 Å². The second-order valence-electron chi connectivity index (χ2n) is 8.74. The minimum absolute atomic E-state index is 0.0451. The van der Waals surface area contributed by atoms with Crippen LogP contribution < -0.4 is 10.4 Å². The minimum atomic E-state index is -2.53. The topological polar surface area (TPSA) is 38.7 Å². The molecule has 2 rings (SSSR count). The predicted octanol–water partition coefficient (Wildman–Crippen LogP) is 4.15. The molecule has 2 atom stereocenters. The summed E-state index contributed by atoms with van der Waals surface area (Å²) in [5.74, 6) is 0.0455. The largest absolute Gasteiger partial charge is 0.404 e. The molecule has 0 aromatic heterocycles. The SMILES string of the molecule is CO[C@@H](/C(C)=C/CO[Si](c1ccccc1)(c1ccccc1)C(C)(C)C)[C@@H](C)CO. The molecule has 0 saturated heterocycles. The summed E-state index contributed by atoms with van der Waals surface area (Å²) < 4.78 is 12.5. The van der Waals surface area contributed by atoms with E-state index in [1.807, 2.05) is 6.92 Å². The van der Waals surface area contributed by atoms with Gasteiger partial charge in [0.2, 0.25) is 0 Å². The zero-order valence-electron chi connectivity index (χ0n) is 18.7. The number of ether oxygens (including phenoxy) is 1. The zero-order chi connectivity index (χ0) is 21.5. The molecular formula is C25H36O3Si. The highest BCUT2D eigenvalue weighted by Gasteiger charge is 2.49. The van der Waals surface area contributed by atoms with Crippen LogP contribution in [0.1, 0.15) is 34.6 Å². The molecule has 0 radical (unpaired) electrons. The van der Waals surface area contributed by atoms with Crippen molar-refractivity contribution in [3.8, 4) is 0 Å². The average Bonchev–Trinajstić information content (AvgIpc) is 2.72. The molecule has 0 aliphatic heterocycles. The molecule has 1 N–H and O–H groups in total. The van der Waals surface area contributed by atoms with Gasteiger partial charge >= 0.3 is 0 Å². The van der Waals surface area contributed by atoms with Gasteiger partial charge < -0.3 is 14.3 Å². The molecule has 0 bridgehead atoms. The first kappa shape index (κ1) is 23.6. The van der Waals surface area contributed by atoms with E-state index in [4.69, 9.17) is 9.16 Å². The molecule has 0 unspecified atom stereocenters. The molecule has 29 heavy (non-hydrogen) atoms. The predicted molar refractivity (Wildman–Crippen MR) is 124 cm³/mol. The molecule has 0 aliphatic carbocycles. The van der Waals surface area contributed by atoms with Gasteiger partial charge in [0.1, 0.15) is 0 Å². The Labute approximate surface area is 177 Å². The standard InChI is InChI=1S/C25H36O3Si/c1-20(24(27-6)21(2)19-26)17-18-28-29(25(3,4)5,22-13-9-7-10-14-22)23-15-11-8-12-16-23/h7-17,21,24,26H,18-19H2,1-6H3/b20-17+/t21-,24-/m0/s1. The normalized spacial score (nSPS) is 15.2. The van der Waals surface area contributed by atoms with Gasteiger partial charge in [-0.1, -0.05) is 94.4 Å². The fraction of sp³-hybridized carbons (Fsp3) is 0.440. The van der Waals surface area contributed by atoms with Crippen molar-refractivity contribution >= 4 is 18.7 Å². The second-order valence-corrected chi connectivity index (χ2v) is 13.0. The summed E-state index contributed by atoms with van der Waals surface area (Å²) in [6.07, 6.45) is 2.00. The van der Waals surface area contributed by atoms with Crippen LogP contribution in [0.25, 0.3) is 0 Å². The quantitative estimate of drug-likeness (QED) is 0.497. The Morgan fingerprint density at radius 3 is 1.86 bits per heavy atom. The van der Waals surface area contributed by atoms with Crippen molar-refractivity contribution in [1.82, 2.24) is 0 Å². The fourth-order valence-corrected chi connectivity index (χ4v) is 8.63. The highest BCUT2D eigenvalue weighted by molar-refractivity contribution is 6.99. The molecule has 4 heteroatoms. The van der Waals surface area contributed by atoms with Gasteiger partial charge in [0, 0.05) is 19.6 Å². The highest BCUT2D eigenvalue weighted by atomic mass is 28.4. The Bertz CT molecular complexity index is 726. The van der Waals surface area contributed by atoms with Crippen LogP contribution in [-0.4, -0.2) is 39.9 Å². The summed E-state index contributed by atoms with van der Waals surface area (Å²) in [4.78, 5) is 0. The number of aliphatic hydroxyl groups is 1. The van der Waals surface area contributed by atoms with Crippen LogP contribution in [-0.2, 0) is 9.16 Å². The molecule has 2 aromatic rings. The molecule has 2 aromatic carbocycles. The van der Waals surface area contributed by atoms with Crippen molar-refractivity contribution < 1.29 is 14.3 Å². The summed E-state index contributed by atoms with van der Waals surface area (Å²) >= 11 is 0. The summed E-state index contributed by atoms with van der Waals surface area (Å²) in [5.41, 5.74) is 1.09. The van der Waals surface area contributed by atoms with Crippen molar-refractivity contribution in [2.24, 2.45) is 5.92 Å². The first-order valence-corrected chi connectivity index (χ1v) is 12.2. The van der Waals surface area contributed by atoms with Gasteiger partial charge in [-0.15, -0.1) is 0 Å². The van der Waals surface area contributed by atoms with Crippen LogP contribution in [0, 0.1) is 5.92 Å². The Kier molecular flexibility index (Phi) is 8.41. The van der Waals surface area contributed by atoms with Crippen molar-refractivity contribution in [2.45, 2.75) is 45.8 Å². The molecule has 0 amide bonds. The van der Waals surface area contributed by atoms with Crippen molar-refractivity contribution in [2.75, 3.05) is 20.3 Å². The first-order valence-electron chi connectivity index (χ1n) is 10.3. The molecule has 0 fully saturated rings. The monoisotopic (exact) mass is 412 g/mol. The van der Waals surface area contributed by atoms with E-state index in [1.165, 1.54) is 10.4 Å². The van der Waals surface area contributed by atoms with Gasteiger partial charge in [-0.2, -0.15) is 0 Å². The van der Waals surface area contributed by atoms with Gasteiger partial charge in [0.25, 0.3) is 8.32 Å². The maximum atomic E-state index is 9.51. The maximum Gasteiger partial charge on any atom is 0.261 e. The third-order valence-corrected chi connectivity index (χ3v) is 10.6. The maximum absolute atomic E-state index is 9.51. The smallest absolute Gasteiger partial charge is 0.261 e. The average molecular weight is 413 g/mol. The van der Waals surface area contributed by atoms with Gasteiger partial charge in [-0.25, -0.2) is 0 Å². The Morgan fingerprint density at radius 2 is 1.48 bits per heavy atom. The third kappa shape index (κ3) is 5.26. The fourth-order valence-electron chi connectivity index (χ4n) is 4.14. The molecule has 0 spiro atoms. The number of hydrogen-bond acceptors (Lipinski definition) is 3. The highest BCUT2D eigenvalue weighted by Crippen LogP contribution is 2.36. The van der Waals surface area contributed by atoms with Gasteiger partial charge in [0.15, 0.2) is 0 Å². The first-order chi connectivity index (χ1) is 13.8. The minimum Gasteiger partial charge on any atom is -0.404 e. The lowest BCUT2D eigenvalue weighted by atomic mass is 9.99. The van der Waals surface area contributed by atoms with Crippen LogP contribution in [0.3, 0.4) is 0 Å². The van der Waals surface area contributed by atoms with Crippen LogP contribution in [0.4, 0.5) is 0 Å². The summed E-state index contributed by atoms with van der Waals surface area (Å²) in [6, 6.07) is 21.3. The summed E-state index contributed by atoms with van der Waals surface area (Å²) in [5, 5.41) is 12.0. The summed E-state index contributed by atoms with van der Waals surface area (Å²) in [7, 11) is -0.840. The molecule has 158 valence electrons. The molecule has 0 heterocycles. The molecule has 0 aliphatic rings. The number of hydrogen-bond donors (Lipinski definition) is 1. The molecule has 0 saturated carbocycles. The third-order valence-electron chi connectivity index (χ3n) is 5.63. The van der Waals surface area contributed by atoms with E-state index in [0.29, 0.717) is 6.61 Å². The lowest BCUT2D eigenvalue weighted by Gasteiger charge is -2.42. The van der Waals surface area contributed by atoms with E-state index in [1.54, 1.807) is 7.11 Å². The molecular weight excluding hydrogens is 376 g/mol. The zero-order valence-corrected chi connectivity index (χ0v) is 19.7. The lowest BCUT2D eigenvalue weighted by Crippen LogP contribution is -2.66. The van der Waals surface area contributed by atoms with E-state index in [0.717, 1.165) is 5.57 Å². The Hall–Kier alpha value is -1.72. The Balaban J connectivity index is 2.45. The van der Waals surface area contributed by atoms with Crippen molar-refractivity contribution in [1.29, 1.82) is 0 Å². The van der Waals surface area contributed by atoms with Gasteiger partial charge in [0.05, 0.1) is 12.7 Å². The van der Waals surface area contributed by atoms with E-state index in [2.05, 4.69) is 94.4 Å². The van der Waals surface area contributed by atoms with E-state index in [-0.39, 0.29) is 23.7 Å². The van der Waals surface area contributed by atoms with E-state index in [9.17, 15) is 5.11 Å². The van der Waals surface area contributed by atoms with E-state index >= 15 is 0 Å². The van der Waals surface area contributed by atoms with Crippen LogP contribution in [0.5, 0.6) is 0 Å². The number of rotatable bonds is 9. The van der Waals surface area contributed by atoms with Crippen LogP contribution >= 0.6 is 0 Å². The number of methoxy groups -OCH3 is 1. The number of aliphatic hydroxyl groups excluding tert-OH is 1. The van der Waals surface area contributed by atoms with Gasteiger partial charge in [-0.3, -0.25) is 0 Å². The second kappa shape index (κ2) is 10.3. The van der Waals surface area contributed by atoms with Crippen molar-refractivity contribution in [3.63, 3.8) is 0 Å². The summed E-state index contributed by atoms with van der Waals surface area (Å²) in [6.45, 7) is 11.5. The lowest BCUT2D eigenvalue weighted by molar-refractivity contribution is 0.0583. The van der Waals surface area contributed by atoms with Crippen molar-refractivity contribution in [3.05, 3.63) is 72.3 Å². The molecule has 3 nitrogen and oxygen atoms in total. The van der Waals surface area contributed by atoms with Crippen LogP contribution in [0.2, 0.25) is 5.04 Å².